The van der Waals surface area contributed by atoms with Gasteiger partial charge in [0.2, 0.25) is 5.91 Å². The number of carbonyl (C=O) groups is 1. The average molecular weight is 288 g/mol. The van der Waals surface area contributed by atoms with Crippen LogP contribution >= 0.6 is 0 Å². The summed E-state index contributed by atoms with van der Waals surface area (Å²) in [5, 5.41) is 3.03. The molecule has 0 bridgehead atoms. The van der Waals surface area contributed by atoms with Gasteiger partial charge in [0.25, 0.3) is 0 Å². The molecule has 0 aromatic heterocycles. The van der Waals surface area contributed by atoms with E-state index in [1.807, 2.05) is 0 Å². The SMILES string of the molecule is O=C(CC1CCCCO1)NCCN1CCc2ccccc21. The molecule has 1 N–H and O–H groups in total. The van der Waals surface area contributed by atoms with E-state index in [0.29, 0.717) is 13.0 Å². The highest BCUT2D eigenvalue weighted by Gasteiger charge is 2.19. The van der Waals surface area contributed by atoms with Gasteiger partial charge in [0.15, 0.2) is 0 Å². The molecule has 4 heteroatoms. The molecule has 114 valence electrons. The second-order valence-electron chi connectivity index (χ2n) is 5.91. The van der Waals surface area contributed by atoms with E-state index in [9.17, 15) is 4.79 Å². The van der Waals surface area contributed by atoms with Crippen molar-refractivity contribution in [1.82, 2.24) is 5.32 Å². The van der Waals surface area contributed by atoms with Crippen LogP contribution in [0.1, 0.15) is 31.2 Å². The topological polar surface area (TPSA) is 41.6 Å². The fraction of sp³-hybridized carbons (Fsp3) is 0.588. The van der Waals surface area contributed by atoms with Crippen molar-refractivity contribution in [3.63, 3.8) is 0 Å². The third kappa shape index (κ3) is 3.76. The van der Waals surface area contributed by atoms with Gasteiger partial charge < -0.3 is 15.0 Å². The Morgan fingerprint density at radius 2 is 2.24 bits per heavy atom. The van der Waals surface area contributed by atoms with Gasteiger partial charge in [0.05, 0.1) is 12.5 Å². The van der Waals surface area contributed by atoms with Crippen molar-refractivity contribution in [3.8, 4) is 0 Å². The summed E-state index contributed by atoms with van der Waals surface area (Å²) in [5.41, 5.74) is 2.74. The molecule has 2 aliphatic heterocycles. The summed E-state index contributed by atoms with van der Waals surface area (Å²) >= 11 is 0. The molecule has 1 unspecified atom stereocenters. The molecule has 2 aliphatic rings. The zero-order valence-corrected chi connectivity index (χ0v) is 12.5. The maximum absolute atomic E-state index is 11.9. The Morgan fingerprint density at radius 1 is 1.33 bits per heavy atom. The second kappa shape index (κ2) is 6.94. The van der Waals surface area contributed by atoms with Crippen LogP contribution in [0.15, 0.2) is 24.3 Å². The highest BCUT2D eigenvalue weighted by atomic mass is 16.5. The zero-order valence-electron chi connectivity index (χ0n) is 12.5. The average Bonchev–Trinajstić information content (AvgIpc) is 2.92. The minimum absolute atomic E-state index is 0.120. The molecule has 1 fully saturated rings. The van der Waals surface area contributed by atoms with E-state index in [0.717, 1.165) is 39.0 Å². The fourth-order valence-corrected chi connectivity index (χ4v) is 3.22. The fourth-order valence-electron chi connectivity index (χ4n) is 3.22. The Bertz CT molecular complexity index is 483. The number of benzene rings is 1. The number of nitrogens with zero attached hydrogens (tertiary/aromatic N) is 1. The number of anilines is 1. The minimum Gasteiger partial charge on any atom is -0.378 e. The lowest BCUT2D eigenvalue weighted by Gasteiger charge is -2.23. The van der Waals surface area contributed by atoms with E-state index >= 15 is 0 Å². The monoisotopic (exact) mass is 288 g/mol. The van der Waals surface area contributed by atoms with Gasteiger partial charge in [-0.05, 0) is 37.3 Å². The Balaban J connectivity index is 1.39. The van der Waals surface area contributed by atoms with Gasteiger partial charge in [-0.2, -0.15) is 0 Å². The summed E-state index contributed by atoms with van der Waals surface area (Å²) in [4.78, 5) is 14.3. The lowest BCUT2D eigenvalue weighted by Crippen LogP contribution is -2.36. The van der Waals surface area contributed by atoms with Crippen LogP contribution in [0.3, 0.4) is 0 Å². The number of nitrogens with one attached hydrogen (secondary N) is 1. The van der Waals surface area contributed by atoms with Crippen LogP contribution in [0.2, 0.25) is 0 Å². The molecule has 1 aromatic rings. The van der Waals surface area contributed by atoms with E-state index in [4.69, 9.17) is 4.74 Å². The predicted molar refractivity (Wildman–Crippen MR) is 83.6 cm³/mol. The molecule has 1 atom stereocenters. The molecule has 1 aromatic carbocycles. The van der Waals surface area contributed by atoms with Crippen molar-refractivity contribution in [3.05, 3.63) is 29.8 Å². The number of rotatable bonds is 5. The molecule has 0 aliphatic carbocycles. The largest absolute Gasteiger partial charge is 0.378 e. The van der Waals surface area contributed by atoms with Crippen LogP contribution in [0.25, 0.3) is 0 Å². The number of ether oxygens (including phenoxy) is 1. The van der Waals surface area contributed by atoms with E-state index in [2.05, 4.69) is 34.5 Å². The van der Waals surface area contributed by atoms with Crippen LogP contribution in [0, 0.1) is 0 Å². The first kappa shape index (κ1) is 14.4. The molecule has 0 saturated carbocycles. The molecule has 0 spiro atoms. The first-order chi connectivity index (χ1) is 10.3. The van der Waals surface area contributed by atoms with E-state index in [1.54, 1.807) is 0 Å². The standard InChI is InChI=1S/C17H24N2O2/c20-17(13-15-6-3-4-12-21-15)18-9-11-19-10-8-14-5-1-2-7-16(14)19/h1-2,5,7,15H,3-4,6,8-13H2,(H,18,20). The van der Waals surface area contributed by atoms with Gasteiger partial charge in [-0.3, -0.25) is 4.79 Å². The Kier molecular flexibility index (Phi) is 4.76. The second-order valence-corrected chi connectivity index (χ2v) is 5.91. The van der Waals surface area contributed by atoms with Gasteiger partial charge in [-0.1, -0.05) is 18.2 Å². The molecule has 1 saturated heterocycles. The molecule has 2 heterocycles. The maximum atomic E-state index is 11.9. The number of amides is 1. The Morgan fingerprint density at radius 3 is 3.10 bits per heavy atom. The third-order valence-corrected chi connectivity index (χ3v) is 4.37. The lowest BCUT2D eigenvalue weighted by molar-refractivity contribution is -0.124. The van der Waals surface area contributed by atoms with Crippen molar-refractivity contribution >= 4 is 11.6 Å². The smallest absolute Gasteiger partial charge is 0.222 e. The van der Waals surface area contributed by atoms with E-state index < -0.39 is 0 Å². The molecule has 4 nitrogen and oxygen atoms in total. The molecular weight excluding hydrogens is 264 g/mol. The van der Waals surface area contributed by atoms with Crippen LogP contribution in [-0.2, 0) is 16.0 Å². The predicted octanol–water partition coefficient (Wildman–Crippen LogP) is 2.12. The van der Waals surface area contributed by atoms with Crippen LogP contribution in [0.4, 0.5) is 5.69 Å². The number of para-hydroxylation sites is 1. The Hall–Kier alpha value is -1.55. The Labute approximate surface area is 126 Å². The van der Waals surface area contributed by atoms with Gasteiger partial charge in [-0.25, -0.2) is 0 Å². The maximum Gasteiger partial charge on any atom is 0.222 e. The summed E-state index contributed by atoms with van der Waals surface area (Å²) in [5.74, 6) is 0.120. The first-order valence-electron chi connectivity index (χ1n) is 8.04. The van der Waals surface area contributed by atoms with Gasteiger partial charge in [-0.15, -0.1) is 0 Å². The quantitative estimate of drug-likeness (QED) is 0.902. The molecular formula is C17H24N2O2. The van der Waals surface area contributed by atoms with E-state index in [1.165, 1.54) is 17.7 Å². The van der Waals surface area contributed by atoms with Gasteiger partial charge in [0, 0.05) is 31.9 Å². The van der Waals surface area contributed by atoms with Crippen molar-refractivity contribution < 1.29 is 9.53 Å². The normalized spacial score (nSPS) is 21.1. The van der Waals surface area contributed by atoms with Crippen LogP contribution in [0.5, 0.6) is 0 Å². The van der Waals surface area contributed by atoms with Gasteiger partial charge >= 0.3 is 0 Å². The number of hydrogen-bond acceptors (Lipinski definition) is 3. The number of hydrogen-bond donors (Lipinski definition) is 1. The summed E-state index contributed by atoms with van der Waals surface area (Å²) in [7, 11) is 0. The first-order valence-corrected chi connectivity index (χ1v) is 8.04. The summed E-state index contributed by atoms with van der Waals surface area (Å²) in [6, 6.07) is 8.53. The number of carbonyl (C=O) groups excluding carboxylic acids is 1. The molecule has 1 amide bonds. The van der Waals surface area contributed by atoms with Crippen molar-refractivity contribution in [1.29, 1.82) is 0 Å². The van der Waals surface area contributed by atoms with Crippen molar-refractivity contribution in [2.24, 2.45) is 0 Å². The molecule has 3 rings (SSSR count). The van der Waals surface area contributed by atoms with Crippen molar-refractivity contribution in [2.75, 3.05) is 31.1 Å². The molecule has 0 radical (unpaired) electrons. The summed E-state index contributed by atoms with van der Waals surface area (Å²) < 4.78 is 5.60. The molecule has 21 heavy (non-hydrogen) atoms. The van der Waals surface area contributed by atoms with Crippen LogP contribution < -0.4 is 10.2 Å². The lowest BCUT2D eigenvalue weighted by atomic mass is 10.1. The van der Waals surface area contributed by atoms with Crippen molar-refractivity contribution in [2.45, 2.75) is 38.2 Å². The summed E-state index contributed by atoms with van der Waals surface area (Å²) in [6.07, 6.45) is 5.09. The minimum atomic E-state index is 0.120. The highest BCUT2D eigenvalue weighted by Crippen LogP contribution is 2.26. The highest BCUT2D eigenvalue weighted by molar-refractivity contribution is 5.76. The van der Waals surface area contributed by atoms with Crippen LogP contribution in [-0.4, -0.2) is 38.3 Å². The number of fused-ring (bicyclic) bond motifs is 1. The summed E-state index contributed by atoms with van der Waals surface area (Å²) in [6.45, 7) is 3.46. The van der Waals surface area contributed by atoms with Gasteiger partial charge in [0.1, 0.15) is 0 Å². The van der Waals surface area contributed by atoms with E-state index in [-0.39, 0.29) is 12.0 Å². The zero-order chi connectivity index (χ0) is 14.5. The third-order valence-electron chi connectivity index (χ3n) is 4.37.